The molecule has 2 fully saturated rings. The van der Waals surface area contributed by atoms with E-state index in [-0.39, 0.29) is 17.7 Å². The third kappa shape index (κ3) is 7.46. The molecule has 3 aromatic rings. The number of hydrogen-bond donors (Lipinski definition) is 1. The van der Waals surface area contributed by atoms with Gasteiger partial charge >= 0.3 is 0 Å². The molecule has 2 aliphatic rings. The number of anilines is 1. The van der Waals surface area contributed by atoms with Crippen LogP contribution >= 0.6 is 11.6 Å². The van der Waals surface area contributed by atoms with Crippen molar-refractivity contribution in [2.75, 3.05) is 65.1 Å². The van der Waals surface area contributed by atoms with Gasteiger partial charge in [-0.15, -0.1) is 0 Å². The third-order valence-corrected chi connectivity index (χ3v) is 7.47. The van der Waals surface area contributed by atoms with Crippen molar-refractivity contribution >= 4 is 28.3 Å². The molecule has 0 unspecified atom stereocenters. The fourth-order valence-electron chi connectivity index (χ4n) is 4.75. The van der Waals surface area contributed by atoms with Crippen LogP contribution in [0.3, 0.4) is 0 Å². The Morgan fingerprint density at radius 2 is 1.95 bits per heavy atom. The first-order valence-corrected chi connectivity index (χ1v) is 13.8. The summed E-state index contributed by atoms with van der Waals surface area (Å²) >= 11 is 6.07. The Labute approximate surface area is 233 Å². The molecule has 1 aromatic heterocycles. The maximum Gasteiger partial charge on any atom is 0.164 e. The van der Waals surface area contributed by atoms with Crippen molar-refractivity contribution in [2.24, 2.45) is 0 Å². The van der Waals surface area contributed by atoms with Crippen LogP contribution in [0.2, 0.25) is 5.02 Å². The van der Waals surface area contributed by atoms with Crippen molar-refractivity contribution in [3.05, 3.63) is 53.1 Å². The van der Waals surface area contributed by atoms with E-state index in [0.29, 0.717) is 53.6 Å². The van der Waals surface area contributed by atoms with Crippen LogP contribution in [0, 0.1) is 5.82 Å². The Kier molecular flexibility index (Phi) is 9.65. The lowest BCUT2D eigenvalue weighted by Gasteiger charge is -2.32. The molecule has 39 heavy (non-hydrogen) atoms. The number of rotatable bonds is 11. The molecule has 0 atom stereocenters. The van der Waals surface area contributed by atoms with E-state index in [4.69, 9.17) is 30.6 Å². The van der Waals surface area contributed by atoms with E-state index in [9.17, 15) is 4.39 Å². The lowest BCUT2D eigenvalue weighted by atomic mass is 10.1. The molecule has 0 aliphatic carbocycles. The van der Waals surface area contributed by atoms with Crippen molar-refractivity contribution in [3.8, 4) is 11.5 Å². The van der Waals surface area contributed by atoms with Crippen molar-refractivity contribution in [2.45, 2.75) is 32.0 Å². The maximum absolute atomic E-state index is 13.8. The summed E-state index contributed by atoms with van der Waals surface area (Å²) in [5, 5.41) is 0.712. The van der Waals surface area contributed by atoms with E-state index in [1.165, 1.54) is 12.4 Å². The van der Waals surface area contributed by atoms with Crippen molar-refractivity contribution < 1.29 is 23.4 Å². The molecule has 0 saturated carbocycles. The number of likely N-dealkylation sites (N-methyl/N-ethyl adjacent to an activating group) is 1. The molecule has 5 rings (SSSR count). The normalized spacial score (nSPS) is 17.4. The van der Waals surface area contributed by atoms with Gasteiger partial charge < -0.3 is 24.0 Å². The zero-order valence-electron chi connectivity index (χ0n) is 22.2. The number of nitrogens with zero attached hydrogens (tertiary/aromatic N) is 4. The van der Waals surface area contributed by atoms with E-state index in [2.05, 4.69) is 32.3 Å². The van der Waals surface area contributed by atoms with E-state index >= 15 is 0 Å². The summed E-state index contributed by atoms with van der Waals surface area (Å²) in [6.45, 7) is 7.37. The first-order chi connectivity index (χ1) is 19.1. The van der Waals surface area contributed by atoms with Gasteiger partial charge in [-0.25, -0.2) is 19.8 Å². The zero-order chi connectivity index (χ0) is 27.0. The third-order valence-electron chi connectivity index (χ3n) is 7.05. The van der Waals surface area contributed by atoms with Crippen molar-refractivity contribution in [1.82, 2.24) is 19.8 Å². The Hall–Kier alpha value is -2.76. The largest absolute Gasteiger partial charge is 0.493 e. The Bertz CT molecular complexity index is 1240. The molecule has 0 radical (unpaired) electrons. The highest BCUT2D eigenvalue weighted by Gasteiger charge is 2.20. The first kappa shape index (κ1) is 27.8. The van der Waals surface area contributed by atoms with Crippen LogP contribution in [0.5, 0.6) is 11.5 Å². The second-order valence-electron chi connectivity index (χ2n) is 9.92. The van der Waals surface area contributed by atoms with Crippen molar-refractivity contribution in [1.29, 1.82) is 0 Å². The number of aromatic nitrogens is 2. The van der Waals surface area contributed by atoms with Gasteiger partial charge in [0.2, 0.25) is 0 Å². The monoisotopic (exact) mass is 559 g/mol. The average Bonchev–Trinajstić information content (AvgIpc) is 2.95. The van der Waals surface area contributed by atoms with Gasteiger partial charge in [-0.1, -0.05) is 23.7 Å². The smallest absolute Gasteiger partial charge is 0.164 e. The number of benzene rings is 2. The van der Waals surface area contributed by atoms with Gasteiger partial charge in [-0.3, -0.25) is 4.84 Å². The Morgan fingerprint density at radius 1 is 1.13 bits per heavy atom. The quantitative estimate of drug-likeness (QED) is 0.269. The summed E-state index contributed by atoms with van der Waals surface area (Å²) in [7, 11) is 2.16. The molecule has 1 N–H and O–H groups in total. The summed E-state index contributed by atoms with van der Waals surface area (Å²) < 4.78 is 31.9. The average molecular weight is 560 g/mol. The number of hydrogen-bond acceptors (Lipinski definition) is 9. The predicted molar refractivity (Wildman–Crippen MR) is 148 cm³/mol. The number of fused-ring (bicyclic) bond motifs is 1. The molecule has 9 nitrogen and oxygen atoms in total. The molecule has 0 spiro atoms. The number of nitrogens with one attached hydrogen (secondary N) is 1. The van der Waals surface area contributed by atoms with Crippen LogP contribution in [0.25, 0.3) is 10.9 Å². The summed E-state index contributed by atoms with van der Waals surface area (Å²) in [6, 6.07) is 8.39. The number of piperazine rings is 1. The van der Waals surface area contributed by atoms with E-state index in [1.54, 1.807) is 12.1 Å². The second kappa shape index (κ2) is 13.5. The van der Waals surface area contributed by atoms with Crippen molar-refractivity contribution in [3.63, 3.8) is 0 Å². The summed E-state index contributed by atoms with van der Waals surface area (Å²) in [5.41, 5.74) is 4.07. The van der Waals surface area contributed by atoms with Gasteiger partial charge in [0, 0.05) is 63.3 Å². The molecular formula is C28H35ClFN5O4. The van der Waals surface area contributed by atoms with E-state index < -0.39 is 5.82 Å². The van der Waals surface area contributed by atoms with Gasteiger partial charge in [-0.2, -0.15) is 0 Å². The molecule has 2 aliphatic heterocycles. The Balaban J connectivity index is 1.29. The number of halogens is 2. The fourth-order valence-corrected chi connectivity index (χ4v) is 4.93. The topological polar surface area (TPSA) is 81.2 Å². The molecule has 0 bridgehead atoms. The van der Waals surface area contributed by atoms with Gasteiger partial charge in [0.25, 0.3) is 0 Å². The highest BCUT2D eigenvalue weighted by atomic mass is 35.5. The minimum Gasteiger partial charge on any atom is -0.493 e. The Morgan fingerprint density at radius 3 is 2.77 bits per heavy atom. The molecule has 11 heteroatoms. The van der Waals surface area contributed by atoms with Crippen LogP contribution in [-0.4, -0.2) is 85.5 Å². The van der Waals surface area contributed by atoms with Crippen LogP contribution in [0.1, 0.15) is 24.8 Å². The molecule has 2 saturated heterocycles. The summed E-state index contributed by atoms with van der Waals surface area (Å²) in [5.74, 6) is 1.26. The molecule has 0 amide bonds. The SMILES string of the molecule is CN1CCN(CCCOc2cc(OC3CCOCC3)c3c(NOCc4cccc(F)c4Cl)ncnc3c2)CC1. The van der Waals surface area contributed by atoms with Gasteiger partial charge in [0.1, 0.15) is 36.4 Å². The minimum atomic E-state index is -0.492. The van der Waals surface area contributed by atoms with Crippen LogP contribution in [-0.2, 0) is 16.2 Å². The maximum atomic E-state index is 13.8. The van der Waals surface area contributed by atoms with Gasteiger partial charge in [0.15, 0.2) is 5.82 Å². The lowest BCUT2D eigenvalue weighted by molar-refractivity contribution is 0.0261. The predicted octanol–water partition coefficient (Wildman–Crippen LogP) is 4.54. The molecule has 2 aromatic carbocycles. The zero-order valence-corrected chi connectivity index (χ0v) is 23.0. The van der Waals surface area contributed by atoms with Crippen LogP contribution < -0.4 is 15.0 Å². The number of ether oxygens (including phenoxy) is 3. The van der Waals surface area contributed by atoms with E-state index in [0.717, 1.165) is 52.0 Å². The van der Waals surface area contributed by atoms with Gasteiger partial charge in [-0.05, 0) is 19.5 Å². The molecular weight excluding hydrogens is 525 g/mol. The first-order valence-electron chi connectivity index (χ1n) is 13.4. The van der Waals surface area contributed by atoms with E-state index in [1.807, 2.05) is 12.1 Å². The van der Waals surface area contributed by atoms with Crippen LogP contribution in [0.15, 0.2) is 36.7 Å². The highest BCUT2D eigenvalue weighted by Crippen LogP contribution is 2.36. The highest BCUT2D eigenvalue weighted by molar-refractivity contribution is 6.31. The van der Waals surface area contributed by atoms with Crippen LogP contribution in [0.4, 0.5) is 10.2 Å². The van der Waals surface area contributed by atoms with Gasteiger partial charge in [0.05, 0.1) is 35.7 Å². The standard InChI is InChI=1S/C28H35ClFN5O4/c1-34-9-11-35(12-10-34)8-3-13-37-22-16-24-26(25(17-22)39-21-6-14-36-15-7-21)28(32-19-31-24)33-38-18-20-4-2-5-23(30)27(20)29/h2,4-5,16-17,19,21H,3,6-15,18H2,1H3,(H,31,32,33). The molecule has 210 valence electrons. The lowest BCUT2D eigenvalue weighted by Crippen LogP contribution is -2.44. The summed E-state index contributed by atoms with van der Waals surface area (Å²) in [4.78, 5) is 19.4. The minimum absolute atomic E-state index is 0.00880. The molecule has 3 heterocycles. The summed E-state index contributed by atoms with van der Waals surface area (Å²) in [6.07, 6.45) is 3.99. The second-order valence-corrected chi connectivity index (χ2v) is 10.3. The fraction of sp³-hybridized carbons (Fsp3) is 0.500.